The highest BCUT2D eigenvalue weighted by Crippen LogP contribution is 2.44. The number of carbonyl (C=O) groups excluding carboxylic acids is 1. The van der Waals surface area contributed by atoms with Crippen molar-refractivity contribution >= 4 is 39.6 Å². The molecule has 1 aromatic carbocycles. The molecule has 0 radical (unpaired) electrons. The molecule has 1 amide bonds. The Labute approximate surface area is 192 Å². The van der Waals surface area contributed by atoms with Crippen molar-refractivity contribution in [3.05, 3.63) is 39.8 Å². The third-order valence-electron chi connectivity index (χ3n) is 5.67. The average molecular weight is 458 g/mol. The molecule has 2 N–H and O–H groups in total. The van der Waals surface area contributed by atoms with Gasteiger partial charge in [0.05, 0.1) is 19.8 Å². The minimum atomic E-state index is -0.387. The molecule has 0 saturated carbocycles. The fourth-order valence-corrected chi connectivity index (χ4v) is 5.32. The number of nitriles is 1. The van der Waals surface area contributed by atoms with Crippen LogP contribution in [0.2, 0.25) is 0 Å². The first kappa shape index (κ1) is 23.0. The molecule has 3 rings (SSSR count). The Balaban J connectivity index is 1.75. The van der Waals surface area contributed by atoms with E-state index >= 15 is 0 Å². The summed E-state index contributed by atoms with van der Waals surface area (Å²) in [4.78, 5) is 13.9. The van der Waals surface area contributed by atoms with Gasteiger partial charge in [-0.25, -0.2) is 0 Å². The average Bonchev–Trinajstić information content (AvgIpc) is 3.08. The summed E-state index contributed by atoms with van der Waals surface area (Å²) in [5.41, 5.74) is 2.33. The molecule has 1 aromatic heterocycles. The van der Waals surface area contributed by atoms with Gasteiger partial charge in [0.15, 0.2) is 5.11 Å². The van der Waals surface area contributed by atoms with Gasteiger partial charge in [-0.05, 0) is 60.5 Å². The van der Waals surface area contributed by atoms with E-state index in [1.807, 2.05) is 0 Å². The van der Waals surface area contributed by atoms with Crippen molar-refractivity contribution in [2.45, 2.75) is 40.0 Å². The number of hydrogen-bond donors (Lipinski definition) is 2. The lowest BCUT2D eigenvalue weighted by Gasteiger charge is -2.33. The van der Waals surface area contributed by atoms with Crippen molar-refractivity contribution in [3.8, 4) is 17.6 Å². The molecule has 1 aliphatic carbocycles. The van der Waals surface area contributed by atoms with E-state index in [1.165, 1.54) is 19.1 Å². The summed E-state index contributed by atoms with van der Waals surface area (Å²) in [7, 11) is 3.05. The molecule has 1 heterocycles. The molecular formula is C23H27N3O3S2. The second-order valence-electron chi connectivity index (χ2n) is 8.64. The van der Waals surface area contributed by atoms with Crippen LogP contribution in [0.1, 0.15) is 53.6 Å². The first-order chi connectivity index (χ1) is 14.7. The van der Waals surface area contributed by atoms with Crippen LogP contribution in [0.15, 0.2) is 18.2 Å². The highest BCUT2D eigenvalue weighted by Gasteiger charge is 2.32. The normalized spacial score (nSPS) is 15.4. The largest absolute Gasteiger partial charge is 0.497 e. The molecule has 0 unspecified atom stereocenters. The number of benzene rings is 1. The number of amides is 1. The summed E-state index contributed by atoms with van der Waals surface area (Å²) in [6.45, 7) is 6.79. The molecule has 0 bridgehead atoms. The lowest BCUT2D eigenvalue weighted by Crippen LogP contribution is -2.34. The van der Waals surface area contributed by atoms with Gasteiger partial charge in [-0.15, -0.1) is 11.3 Å². The Kier molecular flexibility index (Phi) is 6.87. The molecule has 0 saturated heterocycles. The summed E-state index contributed by atoms with van der Waals surface area (Å²) >= 11 is 6.91. The van der Waals surface area contributed by atoms with Crippen molar-refractivity contribution in [1.29, 1.82) is 5.26 Å². The van der Waals surface area contributed by atoms with E-state index in [9.17, 15) is 10.1 Å². The van der Waals surface area contributed by atoms with Gasteiger partial charge in [0.1, 0.15) is 22.6 Å². The lowest BCUT2D eigenvalue weighted by molar-refractivity contribution is 0.0977. The Bertz CT molecular complexity index is 1030. The number of methoxy groups -OCH3 is 2. The molecule has 1 atom stereocenters. The van der Waals surface area contributed by atoms with Crippen molar-refractivity contribution in [2.75, 3.05) is 19.5 Å². The topological polar surface area (TPSA) is 83.4 Å². The predicted molar refractivity (Wildman–Crippen MR) is 127 cm³/mol. The van der Waals surface area contributed by atoms with Gasteiger partial charge < -0.3 is 14.8 Å². The van der Waals surface area contributed by atoms with Gasteiger partial charge in [-0.2, -0.15) is 5.26 Å². The first-order valence-electron chi connectivity index (χ1n) is 10.1. The summed E-state index contributed by atoms with van der Waals surface area (Å²) in [6, 6.07) is 7.23. The summed E-state index contributed by atoms with van der Waals surface area (Å²) in [5.74, 6) is 1.21. The van der Waals surface area contributed by atoms with Gasteiger partial charge in [-0.1, -0.05) is 20.8 Å². The number of anilines is 1. The van der Waals surface area contributed by atoms with E-state index in [4.69, 9.17) is 21.7 Å². The summed E-state index contributed by atoms with van der Waals surface area (Å²) in [6.07, 6.45) is 2.92. The van der Waals surface area contributed by atoms with Gasteiger partial charge in [-0.3, -0.25) is 10.1 Å². The third kappa shape index (κ3) is 5.17. The molecule has 8 heteroatoms. The second-order valence-corrected chi connectivity index (χ2v) is 10.1. The quantitative estimate of drug-likeness (QED) is 0.635. The van der Waals surface area contributed by atoms with Crippen LogP contribution in [0.5, 0.6) is 11.5 Å². The van der Waals surface area contributed by atoms with E-state index in [0.717, 1.165) is 24.8 Å². The van der Waals surface area contributed by atoms with Crippen LogP contribution in [0, 0.1) is 22.7 Å². The van der Waals surface area contributed by atoms with Gasteiger partial charge >= 0.3 is 0 Å². The molecule has 0 fully saturated rings. The van der Waals surface area contributed by atoms with Gasteiger partial charge in [0.2, 0.25) is 0 Å². The van der Waals surface area contributed by atoms with Crippen LogP contribution in [-0.4, -0.2) is 25.2 Å². The van der Waals surface area contributed by atoms with E-state index in [-0.39, 0.29) is 16.4 Å². The van der Waals surface area contributed by atoms with Crippen LogP contribution in [0.3, 0.4) is 0 Å². The Morgan fingerprint density at radius 3 is 2.42 bits per heavy atom. The van der Waals surface area contributed by atoms with Crippen LogP contribution < -0.4 is 20.1 Å². The Morgan fingerprint density at radius 2 is 1.87 bits per heavy atom. The number of nitrogens with one attached hydrogen (secondary N) is 2. The van der Waals surface area contributed by atoms with Gasteiger partial charge in [0.25, 0.3) is 5.91 Å². The lowest BCUT2D eigenvalue weighted by atomic mass is 9.72. The molecule has 164 valence electrons. The number of hydrogen-bond acceptors (Lipinski definition) is 6. The number of thiocarbonyl (C=S) groups is 1. The maximum absolute atomic E-state index is 12.7. The van der Waals surface area contributed by atoms with Crippen molar-refractivity contribution in [1.82, 2.24) is 5.32 Å². The standard InChI is InChI=1S/C23H27N3O3S2/c1-23(2,3)14-6-7-17-18(12-24)21(31-19(17)10-14)26-22(30)25-20(27)13-8-15(28-4)11-16(9-13)29-5/h8-9,11,14H,6-7,10H2,1-5H3,(H2,25,26,27,30)/t14-/m0/s1. The van der Waals surface area contributed by atoms with E-state index in [0.29, 0.717) is 33.5 Å². The number of thiophene rings is 1. The van der Waals surface area contributed by atoms with Crippen LogP contribution >= 0.6 is 23.6 Å². The minimum absolute atomic E-state index is 0.147. The van der Waals surface area contributed by atoms with E-state index in [1.54, 1.807) is 29.5 Å². The maximum atomic E-state index is 12.7. The zero-order chi connectivity index (χ0) is 22.8. The molecular weight excluding hydrogens is 430 g/mol. The van der Waals surface area contributed by atoms with Crippen LogP contribution in [0.4, 0.5) is 5.00 Å². The fourth-order valence-electron chi connectivity index (χ4n) is 3.78. The van der Waals surface area contributed by atoms with Crippen LogP contribution in [0.25, 0.3) is 0 Å². The zero-order valence-electron chi connectivity index (χ0n) is 18.4. The minimum Gasteiger partial charge on any atom is -0.497 e. The number of nitrogens with zero attached hydrogens (tertiary/aromatic N) is 1. The summed E-state index contributed by atoms with van der Waals surface area (Å²) in [5, 5.41) is 16.3. The second kappa shape index (κ2) is 9.25. The monoisotopic (exact) mass is 457 g/mol. The number of rotatable bonds is 4. The molecule has 0 spiro atoms. The molecule has 0 aliphatic heterocycles. The van der Waals surface area contributed by atoms with E-state index < -0.39 is 0 Å². The molecule has 2 aromatic rings. The highest BCUT2D eigenvalue weighted by molar-refractivity contribution is 7.80. The van der Waals surface area contributed by atoms with Crippen molar-refractivity contribution < 1.29 is 14.3 Å². The maximum Gasteiger partial charge on any atom is 0.257 e. The molecule has 6 nitrogen and oxygen atoms in total. The zero-order valence-corrected chi connectivity index (χ0v) is 20.1. The third-order valence-corrected chi connectivity index (χ3v) is 7.04. The summed E-state index contributed by atoms with van der Waals surface area (Å²) < 4.78 is 10.4. The Hall–Kier alpha value is -2.63. The highest BCUT2D eigenvalue weighted by atomic mass is 32.1. The molecule has 31 heavy (non-hydrogen) atoms. The Morgan fingerprint density at radius 1 is 1.23 bits per heavy atom. The smallest absolute Gasteiger partial charge is 0.257 e. The first-order valence-corrected chi connectivity index (χ1v) is 11.3. The van der Waals surface area contributed by atoms with Crippen molar-refractivity contribution in [3.63, 3.8) is 0 Å². The van der Waals surface area contributed by atoms with Crippen molar-refractivity contribution in [2.24, 2.45) is 11.3 Å². The fraction of sp³-hybridized carbons (Fsp3) is 0.435. The van der Waals surface area contributed by atoms with Crippen LogP contribution in [-0.2, 0) is 12.8 Å². The molecule has 1 aliphatic rings. The number of fused-ring (bicyclic) bond motifs is 1. The number of ether oxygens (including phenoxy) is 2. The number of carbonyl (C=O) groups is 1. The van der Waals surface area contributed by atoms with Gasteiger partial charge in [0, 0.05) is 16.5 Å². The predicted octanol–water partition coefficient (Wildman–Crippen LogP) is 4.91. The SMILES string of the molecule is COc1cc(OC)cc(C(=O)NC(=S)Nc2sc3c(c2C#N)CC[C@H](C(C)(C)C)C3)c1. The van der Waals surface area contributed by atoms with E-state index in [2.05, 4.69) is 37.5 Å².